The van der Waals surface area contributed by atoms with Gasteiger partial charge in [-0.2, -0.15) is 0 Å². The number of sulfonamides is 1. The molecule has 1 aliphatic rings. The van der Waals surface area contributed by atoms with E-state index in [-0.39, 0.29) is 23.0 Å². The number of carbonyl (C=O) groups is 1. The molecule has 1 aromatic heterocycles. The Bertz CT molecular complexity index is 1420. The summed E-state index contributed by atoms with van der Waals surface area (Å²) in [6.45, 7) is 3.95. The van der Waals surface area contributed by atoms with E-state index in [9.17, 15) is 13.2 Å². The molecule has 1 amide bonds. The van der Waals surface area contributed by atoms with E-state index in [0.717, 1.165) is 5.56 Å². The quantitative estimate of drug-likeness (QED) is 0.371. The third-order valence-corrected chi connectivity index (χ3v) is 8.63. The van der Waals surface area contributed by atoms with Gasteiger partial charge in [0.15, 0.2) is 17.2 Å². The number of likely N-dealkylation sites (N-methyl/N-ethyl adjacent to an activating group) is 1. The van der Waals surface area contributed by atoms with Crippen LogP contribution in [-0.2, 0) is 16.4 Å². The molecule has 0 aliphatic carbocycles. The SMILES string of the molecule is COc1ccc(CCN(C)S(=O)(=O)c2ccc(OC)c(N3CCN(C(=O)c4cc(C)on4)CC3)c2)cc1OC. The molecule has 2 aromatic carbocycles. The number of benzene rings is 2. The molecule has 1 aliphatic heterocycles. The van der Waals surface area contributed by atoms with Crippen LogP contribution in [0, 0.1) is 6.92 Å². The van der Waals surface area contributed by atoms with Gasteiger partial charge < -0.3 is 28.5 Å². The van der Waals surface area contributed by atoms with E-state index < -0.39 is 10.0 Å². The van der Waals surface area contributed by atoms with Gasteiger partial charge in [-0.05, 0) is 49.2 Å². The topological polar surface area (TPSA) is 115 Å². The van der Waals surface area contributed by atoms with Crippen molar-refractivity contribution in [1.29, 1.82) is 0 Å². The first-order valence-electron chi connectivity index (χ1n) is 12.5. The van der Waals surface area contributed by atoms with Crippen molar-refractivity contribution in [2.45, 2.75) is 18.2 Å². The van der Waals surface area contributed by atoms with Gasteiger partial charge in [-0.15, -0.1) is 0 Å². The average molecular weight is 559 g/mol. The minimum atomic E-state index is -3.77. The molecular weight excluding hydrogens is 524 g/mol. The molecule has 2 heterocycles. The molecule has 0 unspecified atom stereocenters. The summed E-state index contributed by atoms with van der Waals surface area (Å²) >= 11 is 0. The molecule has 0 saturated carbocycles. The van der Waals surface area contributed by atoms with Gasteiger partial charge in [0.1, 0.15) is 11.5 Å². The number of methoxy groups -OCH3 is 3. The zero-order chi connectivity index (χ0) is 28.2. The zero-order valence-corrected chi connectivity index (χ0v) is 23.7. The number of ether oxygens (including phenoxy) is 3. The normalized spacial score (nSPS) is 14.0. The Morgan fingerprint density at radius 3 is 2.23 bits per heavy atom. The van der Waals surface area contributed by atoms with E-state index in [1.54, 1.807) is 70.5 Å². The second-order valence-electron chi connectivity index (χ2n) is 9.20. The van der Waals surface area contributed by atoms with Crippen molar-refractivity contribution in [2.75, 3.05) is 66.0 Å². The molecule has 11 nitrogen and oxygen atoms in total. The summed E-state index contributed by atoms with van der Waals surface area (Å²) in [4.78, 5) is 16.6. The van der Waals surface area contributed by atoms with Crippen LogP contribution in [0.3, 0.4) is 0 Å². The van der Waals surface area contributed by atoms with Gasteiger partial charge in [-0.1, -0.05) is 11.2 Å². The molecule has 1 saturated heterocycles. The van der Waals surface area contributed by atoms with Crippen LogP contribution in [0.15, 0.2) is 51.9 Å². The van der Waals surface area contributed by atoms with Gasteiger partial charge in [0.05, 0.1) is 31.9 Å². The van der Waals surface area contributed by atoms with E-state index in [4.69, 9.17) is 18.7 Å². The van der Waals surface area contributed by atoms with Crippen molar-refractivity contribution < 1.29 is 31.9 Å². The summed E-state index contributed by atoms with van der Waals surface area (Å²) < 4.78 is 49.5. The second-order valence-corrected chi connectivity index (χ2v) is 11.2. The van der Waals surface area contributed by atoms with Crippen molar-refractivity contribution in [3.63, 3.8) is 0 Å². The van der Waals surface area contributed by atoms with Crippen LogP contribution >= 0.6 is 0 Å². The minimum absolute atomic E-state index is 0.171. The van der Waals surface area contributed by atoms with Gasteiger partial charge >= 0.3 is 0 Å². The van der Waals surface area contributed by atoms with Crippen molar-refractivity contribution in [1.82, 2.24) is 14.4 Å². The number of anilines is 1. The van der Waals surface area contributed by atoms with Crippen LogP contribution < -0.4 is 19.1 Å². The monoisotopic (exact) mass is 558 g/mol. The summed E-state index contributed by atoms with van der Waals surface area (Å²) in [5, 5.41) is 3.82. The molecule has 0 radical (unpaired) electrons. The number of aryl methyl sites for hydroxylation is 1. The molecule has 0 bridgehead atoms. The maximum absolute atomic E-state index is 13.5. The summed E-state index contributed by atoms with van der Waals surface area (Å²) in [5.41, 5.74) is 1.87. The number of nitrogens with zero attached hydrogens (tertiary/aromatic N) is 4. The molecule has 1 fully saturated rings. The van der Waals surface area contributed by atoms with Gasteiger partial charge in [0, 0.05) is 45.8 Å². The number of aromatic nitrogens is 1. The van der Waals surface area contributed by atoms with Crippen molar-refractivity contribution >= 4 is 21.6 Å². The third-order valence-electron chi connectivity index (χ3n) is 6.78. The Morgan fingerprint density at radius 1 is 0.949 bits per heavy atom. The van der Waals surface area contributed by atoms with Crippen molar-refractivity contribution in [3.8, 4) is 17.2 Å². The molecular formula is C27H34N4O7S. The van der Waals surface area contributed by atoms with Crippen LogP contribution in [0.1, 0.15) is 21.8 Å². The third kappa shape index (κ3) is 6.12. The number of rotatable bonds is 10. The van der Waals surface area contributed by atoms with E-state index >= 15 is 0 Å². The predicted molar refractivity (Wildman–Crippen MR) is 145 cm³/mol. The molecule has 4 rings (SSSR count). The highest BCUT2D eigenvalue weighted by atomic mass is 32.2. The summed E-state index contributed by atoms with van der Waals surface area (Å²) in [7, 11) is 2.48. The summed E-state index contributed by atoms with van der Waals surface area (Å²) in [6.07, 6.45) is 0.500. The van der Waals surface area contributed by atoms with E-state index in [1.807, 2.05) is 17.0 Å². The number of piperazine rings is 1. The largest absolute Gasteiger partial charge is 0.495 e. The van der Waals surface area contributed by atoms with Gasteiger partial charge in [0.25, 0.3) is 5.91 Å². The second kappa shape index (κ2) is 12.0. The smallest absolute Gasteiger partial charge is 0.276 e. The Hall–Kier alpha value is -3.77. The molecule has 0 spiro atoms. The Kier molecular flexibility index (Phi) is 8.66. The highest BCUT2D eigenvalue weighted by Crippen LogP contribution is 2.33. The molecule has 3 aromatic rings. The van der Waals surface area contributed by atoms with Crippen LogP contribution in [-0.4, -0.2) is 89.8 Å². The number of hydrogen-bond donors (Lipinski definition) is 0. The number of amides is 1. The average Bonchev–Trinajstić information content (AvgIpc) is 3.41. The highest BCUT2D eigenvalue weighted by Gasteiger charge is 2.28. The molecule has 0 N–H and O–H groups in total. The van der Waals surface area contributed by atoms with Gasteiger partial charge in [-0.3, -0.25) is 4.79 Å². The van der Waals surface area contributed by atoms with E-state index in [0.29, 0.717) is 61.3 Å². The lowest BCUT2D eigenvalue weighted by atomic mass is 10.1. The van der Waals surface area contributed by atoms with Crippen molar-refractivity contribution in [3.05, 3.63) is 59.5 Å². The first-order valence-corrected chi connectivity index (χ1v) is 13.9. The summed E-state index contributed by atoms with van der Waals surface area (Å²) in [6, 6.07) is 12.0. The van der Waals surface area contributed by atoms with E-state index in [2.05, 4.69) is 5.16 Å². The van der Waals surface area contributed by atoms with E-state index in [1.165, 1.54) is 4.31 Å². The van der Waals surface area contributed by atoms with Crippen LogP contribution in [0.4, 0.5) is 5.69 Å². The fraction of sp³-hybridized carbons (Fsp3) is 0.407. The molecule has 12 heteroatoms. The first kappa shape index (κ1) is 28.2. The van der Waals surface area contributed by atoms with Crippen LogP contribution in [0.5, 0.6) is 17.2 Å². The lowest BCUT2D eigenvalue weighted by Gasteiger charge is -2.36. The molecule has 39 heavy (non-hydrogen) atoms. The standard InChI is InChI=1S/C27H34N4O7S/c1-19-16-22(28-38-19)27(32)31-14-12-30(13-15-31)23-18-21(7-9-24(23)35-3)39(33,34)29(2)11-10-20-6-8-25(36-4)26(17-20)37-5/h6-9,16-18H,10-15H2,1-5H3. The predicted octanol–water partition coefficient (Wildman–Crippen LogP) is 2.83. The van der Waals surface area contributed by atoms with Gasteiger partial charge in [-0.25, -0.2) is 12.7 Å². The fourth-order valence-electron chi connectivity index (χ4n) is 4.48. The molecule has 0 atom stereocenters. The number of hydrogen-bond acceptors (Lipinski definition) is 9. The first-order chi connectivity index (χ1) is 18.7. The lowest BCUT2D eigenvalue weighted by Crippen LogP contribution is -2.49. The Morgan fingerprint density at radius 2 is 1.62 bits per heavy atom. The van der Waals surface area contributed by atoms with Crippen molar-refractivity contribution in [2.24, 2.45) is 0 Å². The lowest BCUT2D eigenvalue weighted by molar-refractivity contribution is 0.0736. The van der Waals surface area contributed by atoms with Crippen LogP contribution in [0.2, 0.25) is 0 Å². The number of carbonyl (C=O) groups excluding carboxylic acids is 1. The highest BCUT2D eigenvalue weighted by molar-refractivity contribution is 7.89. The van der Waals surface area contributed by atoms with Crippen LogP contribution in [0.25, 0.3) is 0 Å². The minimum Gasteiger partial charge on any atom is -0.495 e. The maximum Gasteiger partial charge on any atom is 0.276 e. The maximum atomic E-state index is 13.5. The Balaban J connectivity index is 1.46. The van der Waals surface area contributed by atoms with Gasteiger partial charge in [0.2, 0.25) is 10.0 Å². The summed E-state index contributed by atoms with van der Waals surface area (Å²) in [5.74, 6) is 2.16. The fourth-order valence-corrected chi connectivity index (χ4v) is 5.67. The Labute approximate surface area is 228 Å². The molecule has 210 valence electrons. The zero-order valence-electron chi connectivity index (χ0n) is 22.8.